The lowest BCUT2D eigenvalue weighted by Gasteiger charge is -2.33. The summed E-state index contributed by atoms with van der Waals surface area (Å²) in [5.41, 5.74) is -1.22. The molecule has 0 bridgehead atoms. The van der Waals surface area contributed by atoms with Gasteiger partial charge in [0, 0.05) is 91.6 Å². The number of nitrogens with one attached hydrogen (secondary N) is 1. The summed E-state index contributed by atoms with van der Waals surface area (Å²) in [5, 5.41) is 21.0. The highest BCUT2D eigenvalue weighted by Crippen LogP contribution is 2.33. The van der Waals surface area contributed by atoms with Crippen LogP contribution in [0.25, 0.3) is 5.70 Å². The summed E-state index contributed by atoms with van der Waals surface area (Å²) in [5.74, 6) is 3.42. The van der Waals surface area contributed by atoms with Crippen molar-refractivity contribution < 1.29 is 73.8 Å². The third-order valence-electron chi connectivity index (χ3n) is 12.9. The predicted octanol–water partition coefficient (Wildman–Crippen LogP) is 9.91. The number of pyridine rings is 4. The normalized spacial score (nSPS) is 19.7. The maximum absolute atomic E-state index is 12.5. The predicted molar refractivity (Wildman–Crippen MR) is 317 cm³/mol. The molecule has 0 aliphatic carbocycles. The Morgan fingerprint density at radius 3 is 1.64 bits per heavy atom. The van der Waals surface area contributed by atoms with E-state index in [2.05, 4.69) is 67.3 Å². The first kappa shape index (κ1) is 70.5. The minimum Gasteiger partial charge on any atom is -0.481 e. The van der Waals surface area contributed by atoms with Crippen LogP contribution < -0.4 is 29.7 Å². The molecule has 21 nitrogen and oxygen atoms in total. The van der Waals surface area contributed by atoms with Crippen LogP contribution in [-0.2, 0) is 23.8 Å². The number of hydrogen-bond donors (Lipinski definition) is 3. The topological polar surface area (TPSA) is 256 Å². The van der Waals surface area contributed by atoms with Crippen molar-refractivity contribution in [1.29, 1.82) is 0 Å². The maximum atomic E-state index is 12.5. The van der Waals surface area contributed by atoms with Crippen LogP contribution >= 0.6 is 0 Å². The molecule has 0 radical (unpaired) electrons. The number of alkyl halides is 3. The van der Waals surface area contributed by atoms with E-state index in [1.165, 1.54) is 56.0 Å². The van der Waals surface area contributed by atoms with Gasteiger partial charge in [0.25, 0.3) is 0 Å². The van der Waals surface area contributed by atoms with E-state index in [0.717, 1.165) is 65.6 Å². The molecule has 4 aliphatic rings. The molecular weight excluding hydrogens is 1130 g/mol. The minimum absolute atomic E-state index is 0.00583. The summed E-state index contributed by atoms with van der Waals surface area (Å²) in [6.07, 6.45) is 14.6. The summed E-state index contributed by atoms with van der Waals surface area (Å²) < 4.78 is 94.2. The van der Waals surface area contributed by atoms with E-state index in [1.807, 2.05) is 57.3 Å². The lowest BCUT2D eigenvalue weighted by Crippen LogP contribution is -2.42. The number of hydrogen-bond acceptors (Lipinski definition) is 19. The van der Waals surface area contributed by atoms with Gasteiger partial charge in [0.05, 0.1) is 34.1 Å². The zero-order chi connectivity index (χ0) is 63.3. The van der Waals surface area contributed by atoms with Crippen LogP contribution in [0.5, 0.6) is 23.5 Å². The molecule has 0 saturated carbocycles. The van der Waals surface area contributed by atoms with Crippen molar-refractivity contribution in [3.05, 3.63) is 108 Å². The number of halogens is 3. The zero-order valence-corrected chi connectivity index (χ0v) is 52.0. The highest BCUT2D eigenvalue weighted by molar-refractivity contribution is 7.87. The number of rotatable bonds is 10. The van der Waals surface area contributed by atoms with Gasteiger partial charge in [-0.05, 0) is 152 Å². The Balaban J connectivity index is 0.000000232. The number of carbonyl (C=O) groups is 2. The minimum atomic E-state index is -5.84. The standard InChI is InChI=1S/C17H24N2O3.C12H18F3NO5S.C12H18N2O.C12H16N2O.C6H8BNO3/c1-12-6-7-14(13-8-9-18-15(10-13)21-5)19(11-12)16(20)22-17(2,3)4;1-8-5-6-9(21-22(18,19)12(13,14)15)16(7-8)10(17)20-11(2,3)4;2*1-9-3-4-11(14-8-9)10-5-6-13-12(7-10)15-2;1-11-6-4-5(7(9)10)2-3-8-6/h7-10,12H,6,11H2,1-5H3;6,8H,5,7H2,1-4H3;5-7,9,11,14H,3-4,8H2,1-2H3;5-7,9H,3-4,8H2,1-2H3;2-4,9-10H,1H3/t;;9-,11+;;/m..0../s1. The molecule has 0 spiro atoms. The number of nitrogens with zero attached hydrogens (tertiary/aromatic N) is 7. The number of aromatic nitrogens is 4. The first-order valence-electron chi connectivity index (χ1n) is 27.9. The molecule has 5 atom stereocenters. The number of aliphatic imine (C=N–C) groups is 1. The number of piperidine rings is 1. The second-order valence-electron chi connectivity index (χ2n) is 22.9. The van der Waals surface area contributed by atoms with Crippen molar-refractivity contribution in [1.82, 2.24) is 35.1 Å². The first-order valence-corrected chi connectivity index (χ1v) is 29.3. The lowest BCUT2D eigenvalue weighted by atomic mass is 9.81. The van der Waals surface area contributed by atoms with E-state index in [0.29, 0.717) is 47.5 Å². The van der Waals surface area contributed by atoms with Gasteiger partial charge in [0.15, 0.2) is 0 Å². The van der Waals surface area contributed by atoms with Gasteiger partial charge in [-0.15, -0.1) is 0 Å². The largest absolute Gasteiger partial charge is 0.534 e. The Labute approximate surface area is 498 Å². The van der Waals surface area contributed by atoms with Crippen LogP contribution in [0.1, 0.15) is 130 Å². The fourth-order valence-corrected chi connectivity index (χ4v) is 8.93. The highest BCUT2D eigenvalue weighted by Gasteiger charge is 2.50. The molecule has 8 rings (SSSR count). The van der Waals surface area contributed by atoms with Crippen molar-refractivity contribution in [3.63, 3.8) is 0 Å². The van der Waals surface area contributed by atoms with E-state index < -0.39 is 45.9 Å². The molecule has 4 aromatic rings. The number of methoxy groups -OCH3 is 4. The summed E-state index contributed by atoms with van der Waals surface area (Å²) >= 11 is 0. The third kappa shape index (κ3) is 23.8. The average molecular weight is 1210 g/mol. The van der Waals surface area contributed by atoms with Crippen LogP contribution in [0, 0.1) is 23.7 Å². The summed E-state index contributed by atoms with van der Waals surface area (Å²) in [7, 11) is -0.971. The number of carbonyl (C=O) groups excluding carboxylic acids is 2. The second-order valence-corrected chi connectivity index (χ2v) is 24.4. The highest BCUT2D eigenvalue weighted by atomic mass is 32.2. The molecule has 3 unspecified atom stereocenters. The molecule has 4 aliphatic heterocycles. The third-order valence-corrected chi connectivity index (χ3v) is 13.9. The SMILES string of the molecule is CC1CC=C(OS(=O)(=O)C(F)(F)F)N(C(=O)OC(C)(C)C)C1.COc1cc(B(O)O)ccn1.COc1cc(C2=CCC(C)CN2C(=O)OC(C)(C)C)ccn1.COc1cc(C2=NCC(C)CC2)ccn1.COc1cc([C@H]2CC[C@H](C)CN2)ccn1. The van der Waals surface area contributed by atoms with Crippen LogP contribution in [-0.4, -0.2) is 145 Å². The molecule has 26 heteroatoms. The van der Waals surface area contributed by atoms with Crippen LogP contribution in [0.3, 0.4) is 0 Å². The Morgan fingerprint density at radius 1 is 0.635 bits per heavy atom. The van der Waals surface area contributed by atoms with Gasteiger partial charge in [-0.2, -0.15) is 21.6 Å². The Morgan fingerprint density at radius 2 is 1.13 bits per heavy atom. The molecule has 1 fully saturated rings. The fourth-order valence-electron chi connectivity index (χ4n) is 8.45. The van der Waals surface area contributed by atoms with Crippen molar-refractivity contribution in [2.45, 2.75) is 131 Å². The van der Waals surface area contributed by atoms with Crippen LogP contribution in [0.4, 0.5) is 22.8 Å². The Hall–Kier alpha value is -7.03. The number of ether oxygens (including phenoxy) is 6. The van der Waals surface area contributed by atoms with E-state index >= 15 is 0 Å². The Bertz CT molecular complexity index is 2990. The van der Waals surface area contributed by atoms with Gasteiger partial charge in [-0.25, -0.2) is 34.4 Å². The molecule has 1 saturated heterocycles. The van der Waals surface area contributed by atoms with Gasteiger partial charge in [-0.3, -0.25) is 9.89 Å². The van der Waals surface area contributed by atoms with Crippen molar-refractivity contribution in [3.8, 4) is 23.5 Å². The van der Waals surface area contributed by atoms with Gasteiger partial charge < -0.3 is 48.0 Å². The van der Waals surface area contributed by atoms with Crippen LogP contribution in [0.15, 0.2) is 96.3 Å². The van der Waals surface area contributed by atoms with E-state index in [-0.39, 0.29) is 25.0 Å². The molecule has 0 aromatic carbocycles. The summed E-state index contributed by atoms with van der Waals surface area (Å²) in [6, 6.07) is 15.2. The van der Waals surface area contributed by atoms with Crippen molar-refractivity contribution >= 4 is 46.3 Å². The molecule has 85 heavy (non-hydrogen) atoms. The van der Waals surface area contributed by atoms with E-state index in [4.69, 9.17) is 38.5 Å². The Kier molecular flexibility index (Phi) is 26.9. The van der Waals surface area contributed by atoms with Gasteiger partial charge >= 0.3 is 34.9 Å². The molecule has 4 aromatic heterocycles. The van der Waals surface area contributed by atoms with Gasteiger partial charge in [0.2, 0.25) is 29.4 Å². The van der Waals surface area contributed by atoms with E-state index in [1.54, 1.807) is 66.3 Å². The maximum Gasteiger partial charge on any atom is 0.534 e. The molecule has 8 heterocycles. The quantitative estimate of drug-likeness (QED) is 0.0758. The average Bonchev–Trinajstić information content (AvgIpc) is 3.65. The number of allylic oxidation sites excluding steroid dienone is 2. The number of amides is 2. The van der Waals surface area contributed by atoms with E-state index in [9.17, 15) is 31.2 Å². The fraction of sp³-hybridized carbons (Fsp3) is 0.542. The summed E-state index contributed by atoms with van der Waals surface area (Å²) in [4.78, 5) is 47.7. The lowest BCUT2D eigenvalue weighted by molar-refractivity contribution is -0.0546. The summed E-state index contributed by atoms with van der Waals surface area (Å²) in [6.45, 7) is 21.4. The first-order chi connectivity index (χ1) is 39.8. The monoisotopic (exact) mass is 1210 g/mol. The second kappa shape index (κ2) is 32.5. The van der Waals surface area contributed by atoms with Gasteiger partial charge in [-0.1, -0.05) is 33.8 Å². The van der Waals surface area contributed by atoms with Crippen molar-refractivity contribution in [2.24, 2.45) is 28.7 Å². The molecule has 468 valence electrons. The molecular formula is C59H84BF3N8O13S. The molecule has 3 N–H and O–H groups in total. The molecule has 2 amide bonds. The van der Waals surface area contributed by atoms with Crippen LogP contribution in [0.2, 0.25) is 0 Å². The smallest absolute Gasteiger partial charge is 0.481 e. The zero-order valence-electron chi connectivity index (χ0n) is 51.2. The van der Waals surface area contributed by atoms with Gasteiger partial charge in [0.1, 0.15) is 11.2 Å². The van der Waals surface area contributed by atoms with Crippen molar-refractivity contribution in [2.75, 3.05) is 54.6 Å².